The first kappa shape index (κ1) is 15.7. The van der Waals surface area contributed by atoms with Crippen LogP contribution < -0.4 is 5.32 Å². The van der Waals surface area contributed by atoms with Crippen LogP contribution in [0.4, 0.5) is 15.8 Å². The minimum absolute atomic E-state index is 0.275. The molecule has 0 aliphatic carbocycles. The van der Waals surface area contributed by atoms with E-state index in [0.717, 1.165) is 17.2 Å². The van der Waals surface area contributed by atoms with Gasteiger partial charge in [-0.25, -0.2) is 4.39 Å². The van der Waals surface area contributed by atoms with Gasteiger partial charge < -0.3 is 5.32 Å². The Hall–Kier alpha value is -3.22. The van der Waals surface area contributed by atoms with Crippen LogP contribution in [0.1, 0.15) is 11.1 Å². The summed E-state index contributed by atoms with van der Waals surface area (Å²) < 4.78 is 14.9. The van der Waals surface area contributed by atoms with E-state index in [4.69, 9.17) is 0 Å². The van der Waals surface area contributed by atoms with Crippen LogP contribution in [0.5, 0.6) is 0 Å². The number of nitro groups is 1. The third-order valence-electron chi connectivity index (χ3n) is 3.51. The summed E-state index contributed by atoms with van der Waals surface area (Å²) in [6.07, 6.45) is 3.57. The highest BCUT2D eigenvalue weighted by Crippen LogP contribution is 2.25. The van der Waals surface area contributed by atoms with E-state index in [2.05, 4.69) is 10.4 Å². The van der Waals surface area contributed by atoms with E-state index in [1.807, 2.05) is 36.5 Å². The third kappa shape index (κ3) is 3.75. The Morgan fingerprint density at radius 2 is 1.96 bits per heavy atom. The van der Waals surface area contributed by atoms with Crippen LogP contribution in [0, 0.1) is 15.9 Å². The maximum Gasteiger partial charge on any atom is 0.295 e. The minimum atomic E-state index is -0.636. The zero-order chi connectivity index (χ0) is 16.9. The largest absolute Gasteiger partial charge is 0.375 e. The molecule has 0 aliphatic rings. The fraction of sp³-hybridized carbons (Fsp3) is 0.118. The van der Waals surface area contributed by atoms with Crippen LogP contribution in [-0.2, 0) is 13.1 Å². The normalized spacial score (nSPS) is 10.5. The lowest BCUT2D eigenvalue weighted by atomic mass is 10.2. The molecule has 7 heteroatoms. The van der Waals surface area contributed by atoms with Gasteiger partial charge in [0, 0.05) is 18.3 Å². The first-order valence-electron chi connectivity index (χ1n) is 7.35. The number of nitrogens with one attached hydrogen (secondary N) is 1. The molecular formula is C17H15FN4O2. The molecule has 0 aliphatic heterocycles. The number of benzene rings is 2. The second-order valence-corrected chi connectivity index (χ2v) is 5.30. The van der Waals surface area contributed by atoms with Crippen LogP contribution in [0.25, 0.3) is 0 Å². The summed E-state index contributed by atoms with van der Waals surface area (Å²) in [5.74, 6) is -0.636. The average Bonchev–Trinajstić information content (AvgIpc) is 3.02. The van der Waals surface area contributed by atoms with Crippen molar-refractivity contribution in [3.8, 4) is 0 Å². The monoisotopic (exact) mass is 326 g/mol. The Kier molecular flexibility index (Phi) is 4.51. The van der Waals surface area contributed by atoms with Gasteiger partial charge >= 0.3 is 0 Å². The van der Waals surface area contributed by atoms with Crippen molar-refractivity contribution in [1.29, 1.82) is 0 Å². The van der Waals surface area contributed by atoms with Crippen LogP contribution in [0.15, 0.2) is 60.9 Å². The predicted molar refractivity (Wildman–Crippen MR) is 88.2 cm³/mol. The van der Waals surface area contributed by atoms with E-state index in [9.17, 15) is 14.5 Å². The van der Waals surface area contributed by atoms with E-state index < -0.39 is 10.7 Å². The Bertz CT molecular complexity index is 849. The number of hydrogen-bond donors (Lipinski definition) is 1. The van der Waals surface area contributed by atoms with Gasteiger partial charge in [-0.3, -0.25) is 14.8 Å². The summed E-state index contributed by atoms with van der Waals surface area (Å²) in [5, 5.41) is 18.2. The fourth-order valence-corrected chi connectivity index (χ4v) is 2.36. The molecule has 122 valence electrons. The zero-order valence-electron chi connectivity index (χ0n) is 12.7. The van der Waals surface area contributed by atoms with Gasteiger partial charge in [-0.05, 0) is 17.7 Å². The van der Waals surface area contributed by atoms with Crippen LogP contribution in [-0.4, -0.2) is 14.7 Å². The lowest BCUT2D eigenvalue weighted by Gasteiger charge is -2.05. The van der Waals surface area contributed by atoms with Gasteiger partial charge in [0.25, 0.3) is 5.69 Å². The lowest BCUT2D eigenvalue weighted by Crippen LogP contribution is -2.03. The van der Waals surface area contributed by atoms with E-state index in [0.29, 0.717) is 13.1 Å². The molecule has 0 unspecified atom stereocenters. The van der Waals surface area contributed by atoms with Crippen molar-refractivity contribution in [3.63, 3.8) is 0 Å². The summed E-state index contributed by atoms with van der Waals surface area (Å²) >= 11 is 0. The van der Waals surface area contributed by atoms with Gasteiger partial charge in [0.1, 0.15) is 11.5 Å². The number of hydrogen-bond acceptors (Lipinski definition) is 4. The van der Waals surface area contributed by atoms with Crippen molar-refractivity contribution in [2.75, 3.05) is 5.32 Å². The quantitative estimate of drug-likeness (QED) is 0.555. The number of rotatable bonds is 6. The molecule has 0 fully saturated rings. The van der Waals surface area contributed by atoms with Gasteiger partial charge in [0.15, 0.2) is 0 Å². The van der Waals surface area contributed by atoms with E-state index in [1.54, 1.807) is 10.9 Å². The average molecular weight is 326 g/mol. The highest BCUT2D eigenvalue weighted by molar-refractivity contribution is 5.61. The molecule has 0 amide bonds. The second-order valence-electron chi connectivity index (χ2n) is 5.30. The van der Waals surface area contributed by atoms with E-state index >= 15 is 0 Å². The number of aromatic nitrogens is 2. The highest BCUT2D eigenvalue weighted by atomic mass is 19.1. The minimum Gasteiger partial charge on any atom is -0.375 e. The van der Waals surface area contributed by atoms with Gasteiger partial charge in [-0.1, -0.05) is 30.3 Å². The Morgan fingerprint density at radius 1 is 1.17 bits per heavy atom. The maximum absolute atomic E-state index is 13.1. The molecule has 1 heterocycles. The molecule has 2 aromatic carbocycles. The topological polar surface area (TPSA) is 73.0 Å². The highest BCUT2D eigenvalue weighted by Gasteiger charge is 2.14. The van der Waals surface area contributed by atoms with Crippen molar-refractivity contribution in [2.45, 2.75) is 13.1 Å². The second kappa shape index (κ2) is 6.91. The van der Waals surface area contributed by atoms with Gasteiger partial charge in [-0.15, -0.1) is 0 Å². The molecule has 3 rings (SSSR count). The molecule has 1 N–H and O–H groups in total. The Labute approximate surface area is 137 Å². The van der Waals surface area contributed by atoms with Crippen molar-refractivity contribution in [1.82, 2.24) is 9.78 Å². The van der Waals surface area contributed by atoms with Crippen LogP contribution in [0.2, 0.25) is 0 Å². The van der Waals surface area contributed by atoms with Crippen molar-refractivity contribution in [2.24, 2.45) is 0 Å². The molecule has 3 aromatic rings. The van der Waals surface area contributed by atoms with Crippen molar-refractivity contribution in [3.05, 3.63) is 88.0 Å². The van der Waals surface area contributed by atoms with Crippen LogP contribution >= 0.6 is 0 Å². The summed E-state index contributed by atoms with van der Waals surface area (Å²) in [6.45, 7) is 1.01. The third-order valence-corrected chi connectivity index (χ3v) is 3.51. The van der Waals surface area contributed by atoms with Crippen molar-refractivity contribution >= 4 is 11.4 Å². The molecule has 0 radical (unpaired) electrons. The predicted octanol–water partition coefficient (Wildman–Crippen LogP) is 3.59. The fourth-order valence-electron chi connectivity index (χ4n) is 2.36. The Morgan fingerprint density at radius 3 is 2.71 bits per heavy atom. The maximum atomic E-state index is 13.1. The van der Waals surface area contributed by atoms with Gasteiger partial charge in [0.2, 0.25) is 0 Å². The molecule has 24 heavy (non-hydrogen) atoms. The smallest absolute Gasteiger partial charge is 0.295 e. The number of halogens is 1. The van der Waals surface area contributed by atoms with Gasteiger partial charge in [0.05, 0.1) is 23.7 Å². The molecule has 1 aromatic heterocycles. The molecular weight excluding hydrogens is 311 g/mol. The van der Waals surface area contributed by atoms with Crippen LogP contribution in [0.3, 0.4) is 0 Å². The molecule has 0 atom stereocenters. The summed E-state index contributed by atoms with van der Waals surface area (Å²) in [4.78, 5) is 10.4. The Balaban J connectivity index is 1.67. The van der Waals surface area contributed by atoms with Gasteiger partial charge in [-0.2, -0.15) is 5.10 Å². The molecule has 0 bridgehead atoms. The van der Waals surface area contributed by atoms with E-state index in [1.165, 1.54) is 12.1 Å². The summed E-state index contributed by atoms with van der Waals surface area (Å²) in [6, 6.07) is 13.4. The number of nitro benzene ring substituents is 1. The zero-order valence-corrected chi connectivity index (χ0v) is 12.7. The molecule has 0 saturated heterocycles. The number of anilines is 1. The SMILES string of the molecule is O=[N+]([O-])c1cc(F)ccc1NCc1cnn(Cc2ccccc2)c1. The first-order valence-corrected chi connectivity index (χ1v) is 7.35. The summed E-state index contributed by atoms with van der Waals surface area (Å²) in [5.41, 5.74) is 2.00. The standard InChI is InChI=1S/C17H15FN4O2/c18-15-6-7-16(17(8-15)22(23)24)19-9-14-10-20-21(12-14)11-13-4-2-1-3-5-13/h1-8,10,12,19H,9,11H2. The number of nitrogens with zero attached hydrogens (tertiary/aromatic N) is 3. The molecule has 6 nitrogen and oxygen atoms in total. The molecule has 0 saturated carbocycles. The van der Waals surface area contributed by atoms with Crippen molar-refractivity contribution < 1.29 is 9.31 Å². The first-order chi connectivity index (χ1) is 11.6. The summed E-state index contributed by atoms with van der Waals surface area (Å²) in [7, 11) is 0. The lowest BCUT2D eigenvalue weighted by molar-refractivity contribution is -0.384. The van der Waals surface area contributed by atoms with E-state index in [-0.39, 0.29) is 11.4 Å². The molecule has 0 spiro atoms.